The van der Waals surface area contributed by atoms with Gasteiger partial charge in [-0.05, 0) is 36.8 Å². The van der Waals surface area contributed by atoms with Crippen molar-refractivity contribution in [2.75, 3.05) is 11.1 Å². The van der Waals surface area contributed by atoms with Crippen LogP contribution in [0.3, 0.4) is 0 Å². The van der Waals surface area contributed by atoms with Crippen molar-refractivity contribution in [3.05, 3.63) is 76.7 Å². The SMILES string of the molecule is C[C@H](Nc1nccc(-n2cnc3cc(N)ccc32)n1)c1cccc([N+](=O)[O-])c1. The van der Waals surface area contributed by atoms with Crippen molar-refractivity contribution in [3.63, 3.8) is 0 Å². The molecule has 0 unspecified atom stereocenters. The summed E-state index contributed by atoms with van der Waals surface area (Å²) < 4.78 is 1.85. The van der Waals surface area contributed by atoms with Gasteiger partial charge in [-0.15, -0.1) is 0 Å². The molecule has 0 fully saturated rings. The number of anilines is 2. The lowest BCUT2D eigenvalue weighted by Gasteiger charge is -2.14. The van der Waals surface area contributed by atoms with Crippen molar-refractivity contribution in [1.82, 2.24) is 19.5 Å². The first kappa shape index (κ1) is 17.4. The number of nitrogens with one attached hydrogen (secondary N) is 1. The summed E-state index contributed by atoms with van der Waals surface area (Å²) in [5.41, 5.74) is 8.93. The zero-order valence-corrected chi connectivity index (χ0v) is 15.0. The lowest BCUT2D eigenvalue weighted by atomic mass is 10.1. The lowest BCUT2D eigenvalue weighted by Crippen LogP contribution is -2.11. The first-order valence-electron chi connectivity index (χ1n) is 8.58. The number of nitrogens with zero attached hydrogens (tertiary/aromatic N) is 5. The zero-order valence-electron chi connectivity index (χ0n) is 15.0. The number of rotatable bonds is 5. The second-order valence-electron chi connectivity index (χ2n) is 6.32. The number of non-ortho nitro benzene ring substituents is 1. The van der Waals surface area contributed by atoms with E-state index in [1.165, 1.54) is 12.1 Å². The summed E-state index contributed by atoms with van der Waals surface area (Å²) in [5, 5.41) is 14.2. The van der Waals surface area contributed by atoms with Gasteiger partial charge in [0.1, 0.15) is 12.1 Å². The number of nitro benzene ring substituents is 1. The Balaban J connectivity index is 1.62. The van der Waals surface area contributed by atoms with Crippen LogP contribution >= 0.6 is 0 Å². The number of hydrogen-bond acceptors (Lipinski definition) is 7. The average molecular weight is 375 g/mol. The minimum Gasteiger partial charge on any atom is -0.399 e. The predicted octanol–water partition coefficient (Wildman–Crippen LogP) is 3.48. The Morgan fingerprint density at radius 1 is 1.18 bits per heavy atom. The van der Waals surface area contributed by atoms with Gasteiger partial charge in [0.15, 0.2) is 0 Å². The number of nitrogens with two attached hydrogens (primary N) is 1. The summed E-state index contributed by atoms with van der Waals surface area (Å²) >= 11 is 0. The Kier molecular flexibility index (Phi) is 4.32. The quantitative estimate of drug-likeness (QED) is 0.311. The van der Waals surface area contributed by atoms with Gasteiger partial charge in [0, 0.05) is 24.0 Å². The van der Waals surface area contributed by atoms with Gasteiger partial charge in [-0.1, -0.05) is 12.1 Å². The molecule has 0 amide bonds. The van der Waals surface area contributed by atoms with Crippen LogP contribution in [-0.4, -0.2) is 24.4 Å². The molecule has 9 nitrogen and oxygen atoms in total. The number of nitrogen functional groups attached to an aromatic ring is 1. The highest BCUT2D eigenvalue weighted by atomic mass is 16.6. The summed E-state index contributed by atoms with van der Waals surface area (Å²) in [4.78, 5) is 23.7. The zero-order chi connectivity index (χ0) is 19.7. The Morgan fingerprint density at radius 2 is 2.04 bits per heavy atom. The van der Waals surface area contributed by atoms with Crippen molar-refractivity contribution >= 4 is 28.4 Å². The smallest absolute Gasteiger partial charge is 0.269 e. The molecule has 0 aliphatic heterocycles. The molecule has 0 saturated carbocycles. The van der Waals surface area contributed by atoms with Gasteiger partial charge in [-0.25, -0.2) is 9.97 Å². The van der Waals surface area contributed by atoms with Crippen LogP contribution in [-0.2, 0) is 0 Å². The minimum absolute atomic E-state index is 0.0463. The topological polar surface area (TPSA) is 125 Å². The normalized spacial score (nSPS) is 12.0. The van der Waals surface area contributed by atoms with E-state index in [0.717, 1.165) is 16.6 Å². The Hall–Kier alpha value is -4.01. The fourth-order valence-electron chi connectivity index (χ4n) is 2.95. The van der Waals surface area contributed by atoms with Gasteiger partial charge < -0.3 is 11.1 Å². The highest BCUT2D eigenvalue weighted by Crippen LogP contribution is 2.23. The molecule has 0 aliphatic carbocycles. The Labute approximate surface area is 160 Å². The molecule has 0 aliphatic rings. The first-order chi connectivity index (χ1) is 13.5. The monoisotopic (exact) mass is 375 g/mol. The molecular formula is C19H17N7O2. The van der Waals surface area contributed by atoms with Gasteiger partial charge in [0.2, 0.25) is 5.95 Å². The summed E-state index contributed by atoms with van der Waals surface area (Å²) in [6, 6.07) is 13.5. The highest BCUT2D eigenvalue weighted by molar-refractivity contribution is 5.80. The van der Waals surface area contributed by atoms with Crippen molar-refractivity contribution in [2.24, 2.45) is 0 Å². The summed E-state index contributed by atoms with van der Waals surface area (Å²) in [6.45, 7) is 1.89. The molecule has 28 heavy (non-hydrogen) atoms. The van der Waals surface area contributed by atoms with Gasteiger partial charge >= 0.3 is 0 Å². The fraction of sp³-hybridized carbons (Fsp3) is 0.105. The molecule has 4 rings (SSSR count). The Morgan fingerprint density at radius 3 is 2.86 bits per heavy atom. The Bertz CT molecular complexity index is 1170. The number of fused-ring (bicyclic) bond motifs is 1. The number of hydrogen-bond donors (Lipinski definition) is 2. The molecule has 2 aromatic heterocycles. The molecule has 2 heterocycles. The molecule has 0 radical (unpaired) electrons. The van der Waals surface area contributed by atoms with E-state index >= 15 is 0 Å². The lowest BCUT2D eigenvalue weighted by molar-refractivity contribution is -0.384. The third-order valence-electron chi connectivity index (χ3n) is 4.39. The fourth-order valence-corrected chi connectivity index (χ4v) is 2.95. The molecule has 0 spiro atoms. The predicted molar refractivity (Wildman–Crippen MR) is 106 cm³/mol. The number of aromatic nitrogens is 4. The molecule has 9 heteroatoms. The first-order valence-corrected chi connectivity index (χ1v) is 8.58. The number of imidazole rings is 1. The van der Waals surface area contributed by atoms with Gasteiger partial charge in [-0.2, -0.15) is 4.98 Å². The standard InChI is InChI=1S/C19H17N7O2/c1-12(13-3-2-4-15(9-13)26(27)28)23-19-21-8-7-18(24-19)25-11-22-16-10-14(20)5-6-17(16)25/h2-12H,20H2,1H3,(H,21,23,24)/t12-/m0/s1. The van der Waals surface area contributed by atoms with Gasteiger partial charge in [0.05, 0.1) is 22.0 Å². The summed E-state index contributed by atoms with van der Waals surface area (Å²) in [6.07, 6.45) is 3.33. The number of nitro groups is 1. The van der Waals surface area contributed by atoms with Crippen LogP contribution in [0.5, 0.6) is 0 Å². The third-order valence-corrected chi connectivity index (χ3v) is 4.39. The molecule has 0 bridgehead atoms. The number of benzene rings is 2. The van der Waals surface area contributed by atoms with E-state index in [1.807, 2.05) is 29.7 Å². The van der Waals surface area contributed by atoms with Crippen LogP contribution in [0.15, 0.2) is 61.1 Å². The minimum atomic E-state index is -0.412. The maximum atomic E-state index is 11.0. The average Bonchev–Trinajstić information content (AvgIpc) is 3.11. The third kappa shape index (κ3) is 3.32. The van der Waals surface area contributed by atoms with E-state index in [2.05, 4.69) is 20.3 Å². The molecule has 0 saturated heterocycles. The van der Waals surface area contributed by atoms with E-state index in [-0.39, 0.29) is 11.7 Å². The van der Waals surface area contributed by atoms with Crippen LogP contribution in [0, 0.1) is 10.1 Å². The van der Waals surface area contributed by atoms with Crippen LogP contribution in [0.25, 0.3) is 16.9 Å². The maximum Gasteiger partial charge on any atom is 0.269 e. The molecule has 4 aromatic rings. The van der Waals surface area contributed by atoms with Crippen molar-refractivity contribution in [2.45, 2.75) is 13.0 Å². The van der Waals surface area contributed by atoms with Crippen molar-refractivity contribution < 1.29 is 4.92 Å². The van der Waals surface area contributed by atoms with Crippen molar-refractivity contribution in [3.8, 4) is 5.82 Å². The van der Waals surface area contributed by atoms with Crippen LogP contribution in [0.1, 0.15) is 18.5 Å². The molecular weight excluding hydrogens is 358 g/mol. The van der Waals surface area contributed by atoms with Gasteiger partial charge in [0.25, 0.3) is 5.69 Å². The second kappa shape index (κ2) is 6.95. The van der Waals surface area contributed by atoms with E-state index < -0.39 is 4.92 Å². The van der Waals surface area contributed by atoms with E-state index in [0.29, 0.717) is 17.5 Å². The maximum absolute atomic E-state index is 11.0. The molecule has 1 atom stereocenters. The highest BCUT2D eigenvalue weighted by Gasteiger charge is 2.13. The van der Waals surface area contributed by atoms with Gasteiger partial charge in [-0.3, -0.25) is 14.7 Å². The van der Waals surface area contributed by atoms with Crippen molar-refractivity contribution in [1.29, 1.82) is 0 Å². The molecule has 3 N–H and O–H groups in total. The molecule has 140 valence electrons. The molecule has 2 aromatic carbocycles. The summed E-state index contributed by atoms with van der Waals surface area (Å²) in [5.74, 6) is 1.06. The van der Waals surface area contributed by atoms with Crippen LogP contribution in [0.4, 0.5) is 17.3 Å². The second-order valence-corrected chi connectivity index (χ2v) is 6.32. The van der Waals surface area contributed by atoms with E-state index in [1.54, 1.807) is 30.7 Å². The van der Waals surface area contributed by atoms with E-state index in [4.69, 9.17) is 5.73 Å². The van der Waals surface area contributed by atoms with Crippen LogP contribution < -0.4 is 11.1 Å². The van der Waals surface area contributed by atoms with Crippen LogP contribution in [0.2, 0.25) is 0 Å². The summed E-state index contributed by atoms with van der Waals surface area (Å²) in [7, 11) is 0. The largest absolute Gasteiger partial charge is 0.399 e. The van der Waals surface area contributed by atoms with E-state index in [9.17, 15) is 10.1 Å².